The number of hydrogen-bond donors (Lipinski definition) is 2. The number of aliphatic imine (C=N–C) groups is 1. The lowest BCUT2D eigenvalue weighted by Crippen LogP contribution is -2.58. The Morgan fingerprint density at radius 1 is 0.836 bits per heavy atom. The van der Waals surface area contributed by atoms with Gasteiger partial charge in [-0.3, -0.25) is 9.36 Å². The molecule has 1 fully saturated rings. The molecule has 5 atom stereocenters. The second-order valence-electron chi connectivity index (χ2n) is 22.6. The molecule has 0 saturated carbocycles. The zero-order valence-electron chi connectivity index (χ0n) is 45.5. The van der Waals surface area contributed by atoms with Crippen molar-refractivity contribution in [1.82, 2.24) is 35.1 Å². The Morgan fingerprint density at radius 2 is 1.45 bits per heavy atom. The molecule has 0 spiro atoms. The Balaban J connectivity index is 1.24. The first kappa shape index (κ1) is 55.3. The molecule has 17 heteroatoms. The molecule has 5 aromatic rings. The molecule has 1 saturated heterocycles. The molecular weight excluding hydrogens is 953 g/mol. The van der Waals surface area contributed by atoms with E-state index in [0.29, 0.717) is 22.7 Å². The summed E-state index contributed by atoms with van der Waals surface area (Å²) in [5, 5.41) is 6.06. The van der Waals surface area contributed by atoms with E-state index in [9.17, 15) is 4.79 Å². The van der Waals surface area contributed by atoms with Crippen molar-refractivity contribution < 1.29 is 32.7 Å². The van der Waals surface area contributed by atoms with Gasteiger partial charge in [-0.05, 0) is 89.1 Å². The average molecular weight is 1030 g/mol. The predicted molar refractivity (Wildman–Crippen MR) is 295 cm³/mol. The first-order valence-electron chi connectivity index (χ1n) is 26.1. The number of fused-ring (bicyclic) bond motifs is 4. The van der Waals surface area contributed by atoms with E-state index in [4.69, 9.17) is 38.0 Å². The Kier molecular flexibility index (Phi) is 17.7. The van der Waals surface area contributed by atoms with Crippen molar-refractivity contribution in [1.29, 1.82) is 0 Å². The Hall–Kier alpha value is -5.47. The highest BCUT2D eigenvalue weighted by Gasteiger charge is 2.53. The molecule has 394 valence electrons. The molecule has 0 bridgehead atoms. The van der Waals surface area contributed by atoms with Crippen molar-refractivity contribution in [3.05, 3.63) is 102 Å². The summed E-state index contributed by atoms with van der Waals surface area (Å²) in [5.74, 6) is 0.540. The van der Waals surface area contributed by atoms with E-state index in [2.05, 4.69) is 126 Å². The van der Waals surface area contributed by atoms with Gasteiger partial charge in [0.1, 0.15) is 36.9 Å². The van der Waals surface area contributed by atoms with Crippen molar-refractivity contribution in [2.45, 2.75) is 160 Å². The van der Waals surface area contributed by atoms with Crippen LogP contribution in [0.15, 0.2) is 90.4 Å². The van der Waals surface area contributed by atoms with Crippen molar-refractivity contribution in [3.8, 4) is 16.9 Å². The van der Waals surface area contributed by atoms with Crippen LogP contribution in [0, 0.1) is 0 Å². The Bertz CT molecular complexity index is 2630. The number of imidazole rings is 1. The van der Waals surface area contributed by atoms with Crippen LogP contribution in [0.2, 0.25) is 36.3 Å². The van der Waals surface area contributed by atoms with Crippen molar-refractivity contribution in [3.63, 3.8) is 0 Å². The smallest absolute Gasteiger partial charge is 0.407 e. The number of carbonyl (C=O) groups excluding carboxylic acids is 2. The van der Waals surface area contributed by atoms with Crippen LogP contribution >= 0.6 is 0 Å². The molecule has 3 aromatic carbocycles. The van der Waals surface area contributed by atoms with E-state index in [1.165, 1.54) is 6.33 Å². The van der Waals surface area contributed by atoms with E-state index in [-0.39, 0.29) is 35.6 Å². The van der Waals surface area contributed by atoms with Gasteiger partial charge >= 0.3 is 6.09 Å². The van der Waals surface area contributed by atoms with E-state index in [1.54, 1.807) is 13.4 Å². The summed E-state index contributed by atoms with van der Waals surface area (Å²) in [6.45, 7) is 28.4. The van der Waals surface area contributed by atoms with Crippen LogP contribution < -0.4 is 15.4 Å². The largest absolute Gasteiger partial charge is 0.497 e. The lowest BCUT2D eigenvalue weighted by atomic mass is 9.98. The second-order valence-corrected chi connectivity index (χ2v) is 32.2. The fraction of sp³-hybridized carbons (Fsp3) is 0.536. The van der Waals surface area contributed by atoms with Crippen LogP contribution in [-0.2, 0) is 29.5 Å². The maximum absolute atomic E-state index is 15.3. The maximum Gasteiger partial charge on any atom is 0.407 e. The number of aromatic nitrogens is 4. The highest BCUT2D eigenvalue weighted by atomic mass is 28.4. The minimum absolute atomic E-state index is 0.0928. The molecular formula is C56H80N8O7Si2. The first-order valence-corrected chi connectivity index (χ1v) is 32.0. The quantitative estimate of drug-likeness (QED) is 0.0385. The van der Waals surface area contributed by atoms with Gasteiger partial charge in [-0.2, -0.15) is 0 Å². The van der Waals surface area contributed by atoms with Gasteiger partial charge in [-0.1, -0.05) is 129 Å². The van der Waals surface area contributed by atoms with E-state index >= 15 is 4.79 Å². The van der Waals surface area contributed by atoms with Crippen molar-refractivity contribution >= 4 is 52.0 Å². The molecule has 0 radical (unpaired) electrons. The van der Waals surface area contributed by atoms with Gasteiger partial charge < -0.3 is 38.6 Å². The molecule has 2 amide bonds. The van der Waals surface area contributed by atoms with Crippen LogP contribution in [0.4, 0.5) is 10.6 Å². The molecule has 2 aromatic heterocycles. The number of methoxy groups -OCH3 is 1. The van der Waals surface area contributed by atoms with Crippen LogP contribution in [0.1, 0.15) is 110 Å². The SMILES string of the molecule is CCCCN(/C=N/c1ncnc2c1ncn2[C@@H]1O[C@H](CO[Si](C)(C)C(C)(C)C)[C@@H](NC(=O)[C@H](Cc2ccc(OC)cc2)NC(=O)OCC2c3ccccc3-c3ccccc32)[C@H]1O[Si](C)(C)C(C)(C)C)CCCC. The second kappa shape index (κ2) is 23.4. The van der Waals surface area contributed by atoms with Crippen LogP contribution in [0.3, 0.4) is 0 Å². The topological polar surface area (TPSA) is 164 Å². The molecule has 3 heterocycles. The number of hydrogen-bond acceptors (Lipinski definition) is 11. The number of nitrogens with zero attached hydrogens (tertiary/aromatic N) is 6. The average Bonchev–Trinajstić information content (AvgIpc) is 4.03. The number of ether oxygens (including phenoxy) is 3. The lowest BCUT2D eigenvalue weighted by Gasteiger charge is -2.41. The normalized spacial score (nSPS) is 18.7. The molecule has 2 N–H and O–H groups in total. The van der Waals surface area contributed by atoms with Gasteiger partial charge in [0, 0.05) is 25.4 Å². The van der Waals surface area contributed by atoms with Crippen molar-refractivity contribution in [2.75, 3.05) is 33.4 Å². The minimum Gasteiger partial charge on any atom is -0.497 e. The third-order valence-corrected chi connectivity index (χ3v) is 24.4. The number of alkyl carbamates (subject to hydrolysis) is 1. The van der Waals surface area contributed by atoms with Gasteiger partial charge in [0.15, 0.2) is 39.8 Å². The highest BCUT2D eigenvalue weighted by Crippen LogP contribution is 2.46. The number of nitrogens with one attached hydrogen (secondary N) is 2. The minimum atomic E-state index is -2.62. The Labute approximate surface area is 435 Å². The summed E-state index contributed by atoms with van der Waals surface area (Å²) in [6, 6.07) is 22.1. The number of amides is 2. The standard InChI is InChI=1S/C56H80N8O7Si2/c1-14-16-30-63(31-17-15-2)36-60-50-48-51(58-35-57-50)64(37-59-48)53-49(71-73(12,13)56(6,7)8)47(46(70-53)34-69-72(10,11)55(3,4)5)62-52(65)45(32-38-26-28-39(67-9)29-27-38)61-54(66)68-33-44-42-24-20-18-22-40(42)41-23-19-21-25-43(41)44/h18-29,35-37,44-47,49,53H,14-17,30-34H2,1-13H3,(H,61,66)(H,62,65)/b60-36+/t45-,46+,47+,49+,53+/m0/s1. The monoisotopic (exact) mass is 1030 g/mol. The molecule has 1 aliphatic carbocycles. The molecule has 73 heavy (non-hydrogen) atoms. The summed E-state index contributed by atoms with van der Waals surface area (Å²) < 4.78 is 34.9. The number of rotatable bonds is 22. The van der Waals surface area contributed by atoms with Crippen LogP contribution in [0.25, 0.3) is 22.3 Å². The van der Waals surface area contributed by atoms with Crippen LogP contribution in [0.5, 0.6) is 5.75 Å². The first-order chi connectivity index (χ1) is 34.7. The molecule has 1 aliphatic heterocycles. The fourth-order valence-corrected chi connectivity index (χ4v) is 11.2. The van der Waals surface area contributed by atoms with Crippen LogP contribution in [-0.4, -0.2) is 117 Å². The molecule has 7 rings (SSSR count). The maximum atomic E-state index is 15.3. The predicted octanol–water partition coefficient (Wildman–Crippen LogP) is 11.3. The fourth-order valence-electron chi connectivity index (χ4n) is 8.89. The van der Waals surface area contributed by atoms with Crippen molar-refractivity contribution in [2.24, 2.45) is 4.99 Å². The van der Waals surface area contributed by atoms with Gasteiger partial charge in [-0.15, -0.1) is 0 Å². The zero-order valence-corrected chi connectivity index (χ0v) is 47.5. The van der Waals surface area contributed by atoms with Gasteiger partial charge in [-0.25, -0.2) is 24.7 Å². The lowest BCUT2D eigenvalue weighted by molar-refractivity contribution is -0.124. The van der Waals surface area contributed by atoms with Gasteiger partial charge in [0.25, 0.3) is 0 Å². The third kappa shape index (κ3) is 12.9. The zero-order chi connectivity index (χ0) is 52.7. The molecule has 0 unspecified atom stereocenters. The van der Waals surface area contributed by atoms with E-state index < -0.39 is 59.2 Å². The number of unbranched alkanes of at least 4 members (excludes halogenated alkanes) is 2. The third-order valence-electron chi connectivity index (χ3n) is 15.4. The number of benzene rings is 3. The summed E-state index contributed by atoms with van der Waals surface area (Å²) in [7, 11) is -3.36. The summed E-state index contributed by atoms with van der Waals surface area (Å²) in [4.78, 5) is 50.7. The van der Waals surface area contributed by atoms with Gasteiger partial charge in [0.05, 0.1) is 32.4 Å². The summed E-state index contributed by atoms with van der Waals surface area (Å²) in [6.07, 6.45) is 6.60. The summed E-state index contributed by atoms with van der Waals surface area (Å²) in [5.41, 5.74) is 6.29. The Morgan fingerprint density at radius 3 is 2.04 bits per heavy atom. The van der Waals surface area contributed by atoms with Gasteiger partial charge in [0.2, 0.25) is 5.91 Å². The number of carbonyl (C=O) groups is 2. The molecule has 2 aliphatic rings. The highest BCUT2D eigenvalue weighted by molar-refractivity contribution is 6.74. The molecule has 15 nitrogen and oxygen atoms in total. The summed E-state index contributed by atoms with van der Waals surface area (Å²) >= 11 is 0. The van der Waals surface area contributed by atoms with E-state index in [1.807, 2.05) is 59.4 Å². The van der Waals surface area contributed by atoms with E-state index in [0.717, 1.165) is 66.6 Å².